The monoisotopic (exact) mass is 422 g/mol. The number of benzene rings is 2. The first-order valence-electron chi connectivity index (χ1n) is 9.24. The van der Waals surface area contributed by atoms with Crippen LogP contribution in [0.4, 0.5) is 0 Å². The van der Waals surface area contributed by atoms with Crippen LogP contribution in [-0.2, 0) is 0 Å². The molecule has 0 bridgehead atoms. The number of carbonyl (C=O) groups excluding carboxylic acids is 1. The van der Waals surface area contributed by atoms with Crippen molar-refractivity contribution in [3.8, 4) is 0 Å². The fourth-order valence-electron chi connectivity index (χ4n) is 3.10. The van der Waals surface area contributed by atoms with Gasteiger partial charge in [-0.05, 0) is 26.0 Å². The molecule has 0 aliphatic carbocycles. The van der Waals surface area contributed by atoms with Gasteiger partial charge in [-0.3, -0.25) is 25.0 Å². The second-order valence-corrected chi connectivity index (χ2v) is 6.58. The molecule has 0 fully saturated rings. The minimum Gasteiger partial charge on any atom is -0.358 e. The lowest BCUT2D eigenvalue weighted by molar-refractivity contribution is -0.445. The van der Waals surface area contributed by atoms with Crippen molar-refractivity contribution in [2.24, 2.45) is 0 Å². The molecule has 0 amide bonds. The fraction of sp³-hybridized carbons (Fsp3) is 0.136. The van der Waals surface area contributed by atoms with Crippen molar-refractivity contribution in [2.45, 2.75) is 13.8 Å². The van der Waals surface area contributed by atoms with Gasteiger partial charge in [-0.1, -0.05) is 36.4 Å². The Morgan fingerprint density at radius 2 is 1.23 bits per heavy atom. The first-order valence-corrected chi connectivity index (χ1v) is 9.24. The van der Waals surface area contributed by atoms with Gasteiger partial charge in [0.1, 0.15) is 0 Å². The number of nitrogens with one attached hydrogen (secondary N) is 2. The summed E-state index contributed by atoms with van der Waals surface area (Å²) in [7, 11) is 0.889. The largest absolute Gasteiger partial charge is 0.358 e. The van der Waals surface area contributed by atoms with Gasteiger partial charge in [-0.25, -0.2) is 0 Å². The zero-order valence-corrected chi connectivity index (χ0v) is 17.3. The molecular formula is C22H22N4O5. The van der Waals surface area contributed by atoms with Gasteiger partial charge >= 0.3 is 0 Å². The van der Waals surface area contributed by atoms with E-state index in [1.54, 1.807) is 0 Å². The lowest BCUT2D eigenvalue weighted by Gasteiger charge is -1.90. The number of aromatic nitrogens is 2. The zero-order valence-electron chi connectivity index (χ0n) is 17.3. The summed E-state index contributed by atoms with van der Waals surface area (Å²) < 4.78 is 0. The van der Waals surface area contributed by atoms with Crippen molar-refractivity contribution in [1.82, 2.24) is 9.97 Å². The SMILES string of the molecule is C[N+](=O)[O-].Cc1[nH]c2ccccc2c1/C=C/[N+](=O)[O-].Cc1[nH]c2ccccc2c1C=O. The predicted octanol–water partition coefficient (Wildman–Crippen LogP) is 4.91. The second-order valence-electron chi connectivity index (χ2n) is 6.58. The Labute approximate surface area is 177 Å². The second kappa shape index (κ2) is 10.5. The molecule has 9 heteroatoms. The average Bonchev–Trinajstić information content (AvgIpc) is 3.21. The number of aryl methyl sites for hydroxylation is 2. The number of para-hydroxylation sites is 2. The molecule has 4 rings (SSSR count). The molecule has 31 heavy (non-hydrogen) atoms. The van der Waals surface area contributed by atoms with Crippen molar-refractivity contribution in [2.75, 3.05) is 7.05 Å². The number of fused-ring (bicyclic) bond motifs is 2. The number of aldehydes is 1. The Kier molecular flexibility index (Phi) is 7.79. The highest BCUT2D eigenvalue weighted by Gasteiger charge is 2.06. The molecule has 0 unspecified atom stereocenters. The van der Waals surface area contributed by atoms with Gasteiger partial charge in [0, 0.05) is 55.3 Å². The number of rotatable bonds is 3. The lowest BCUT2D eigenvalue weighted by Crippen LogP contribution is -1.83. The maximum atomic E-state index is 10.7. The number of carbonyl (C=O) groups is 1. The van der Waals surface area contributed by atoms with Crippen LogP contribution in [-0.4, -0.2) is 33.1 Å². The summed E-state index contributed by atoms with van der Waals surface area (Å²) in [6, 6.07) is 15.5. The quantitative estimate of drug-likeness (QED) is 0.275. The molecular weight excluding hydrogens is 400 g/mol. The summed E-state index contributed by atoms with van der Waals surface area (Å²) in [4.78, 5) is 35.1. The van der Waals surface area contributed by atoms with E-state index in [4.69, 9.17) is 10.1 Å². The molecule has 0 spiro atoms. The molecule has 9 nitrogen and oxygen atoms in total. The van der Waals surface area contributed by atoms with Crippen LogP contribution in [0, 0.1) is 34.1 Å². The first kappa shape index (κ1) is 23.0. The van der Waals surface area contributed by atoms with Gasteiger partial charge in [0.05, 0.1) is 4.92 Å². The van der Waals surface area contributed by atoms with Crippen molar-refractivity contribution in [3.05, 3.63) is 97.5 Å². The molecule has 0 saturated carbocycles. The Bertz CT molecular complexity index is 1250. The first-order chi connectivity index (χ1) is 14.7. The van der Waals surface area contributed by atoms with Crippen molar-refractivity contribution >= 4 is 34.2 Å². The maximum absolute atomic E-state index is 10.7. The summed E-state index contributed by atoms with van der Waals surface area (Å²) in [6.45, 7) is 3.81. The van der Waals surface area contributed by atoms with Crippen LogP contribution < -0.4 is 0 Å². The molecule has 160 valence electrons. The fourth-order valence-corrected chi connectivity index (χ4v) is 3.10. The number of hydrogen-bond donors (Lipinski definition) is 2. The minimum atomic E-state index is -0.500. The van der Waals surface area contributed by atoms with E-state index in [0.29, 0.717) is 0 Å². The van der Waals surface area contributed by atoms with E-state index in [1.165, 1.54) is 6.08 Å². The van der Waals surface area contributed by atoms with Gasteiger partial charge in [-0.2, -0.15) is 0 Å². The van der Waals surface area contributed by atoms with Crippen LogP contribution in [0.25, 0.3) is 27.9 Å². The minimum absolute atomic E-state index is 0.457. The highest BCUT2D eigenvalue weighted by atomic mass is 16.6. The molecule has 0 atom stereocenters. The Morgan fingerprint density at radius 3 is 1.68 bits per heavy atom. The molecule has 2 aromatic carbocycles. The van der Waals surface area contributed by atoms with E-state index in [1.807, 2.05) is 62.4 Å². The van der Waals surface area contributed by atoms with Crippen LogP contribution >= 0.6 is 0 Å². The Hall–Kier alpha value is -4.27. The third-order valence-electron chi connectivity index (χ3n) is 4.37. The van der Waals surface area contributed by atoms with Crippen LogP contribution in [0.2, 0.25) is 0 Å². The normalized spacial score (nSPS) is 10.3. The average molecular weight is 422 g/mol. The van der Waals surface area contributed by atoms with Gasteiger partial charge < -0.3 is 9.97 Å². The summed E-state index contributed by atoms with van der Waals surface area (Å²) in [5, 5.41) is 21.1. The third-order valence-corrected chi connectivity index (χ3v) is 4.37. The summed E-state index contributed by atoms with van der Waals surface area (Å²) in [6.07, 6.45) is 3.38. The zero-order chi connectivity index (χ0) is 23.0. The van der Waals surface area contributed by atoms with Crippen molar-refractivity contribution < 1.29 is 14.6 Å². The molecule has 2 aromatic heterocycles. The topological polar surface area (TPSA) is 135 Å². The van der Waals surface area contributed by atoms with Gasteiger partial charge in [-0.15, -0.1) is 0 Å². The molecule has 0 radical (unpaired) electrons. The number of aromatic amines is 2. The predicted molar refractivity (Wildman–Crippen MR) is 120 cm³/mol. The van der Waals surface area contributed by atoms with E-state index < -0.39 is 9.85 Å². The maximum Gasteiger partial charge on any atom is 0.235 e. The summed E-state index contributed by atoms with van der Waals surface area (Å²) >= 11 is 0. The van der Waals surface area contributed by atoms with Crippen LogP contribution in [0.15, 0.2) is 54.7 Å². The number of hydrogen-bond acceptors (Lipinski definition) is 5. The molecule has 2 N–H and O–H groups in total. The Balaban J connectivity index is 0.000000192. The van der Waals surface area contributed by atoms with E-state index in [2.05, 4.69) is 9.97 Å². The van der Waals surface area contributed by atoms with Crippen molar-refractivity contribution in [1.29, 1.82) is 0 Å². The van der Waals surface area contributed by atoms with Gasteiger partial charge in [0.15, 0.2) is 13.3 Å². The molecule has 0 saturated heterocycles. The van der Waals surface area contributed by atoms with Crippen LogP contribution in [0.5, 0.6) is 0 Å². The molecule has 0 aliphatic heterocycles. The van der Waals surface area contributed by atoms with Crippen molar-refractivity contribution in [3.63, 3.8) is 0 Å². The molecule has 0 aliphatic rings. The van der Waals surface area contributed by atoms with E-state index in [0.717, 1.165) is 63.9 Å². The number of nitro groups is 2. The lowest BCUT2D eigenvalue weighted by atomic mass is 10.1. The summed E-state index contributed by atoms with van der Waals surface area (Å²) in [5.41, 5.74) is 5.54. The van der Waals surface area contributed by atoms with Crippen LogP contribution in [0.1, 0.15) is 27.3 Å². The number of nitrogens with zero attached hydrogens (tertiary/aromatic N) is 2. The van der Waals surface area contributed by atoms with Gasteiger partial charge in [0.2, 0.25) is 6.20 Å². The highest BCUT2D eigenvalue weighted by Crippen LogP contribution is 2.23. The number of H-pyrrole nitrogens is 2. The van der Waals surface area contributed by atoms with E-state index in [-0.39, 0.29) is 0 Å². The van der Waals surface area contributed by atoms with E-state index >= 15 is 0 Å². The van der Waals surface area contributed by atoms with E-state index in [9.17, 15) is 14.9 Å². The summed E-state index contributed by atoms with van der Waals surface area (Å²) in [5.74, 6) is 0. The molecule has 4 aromatic rings. The molecule has 2 heterocycles. The van der Waals surface area contributed by atoms with Crippen LogP contribution in [0.3, 0.4) is 0 Å². The third kappa shape index (κ3) is 6.10. The van der Waals surface area contributed by atoms with Gasteiger partial charge in [0.25, 0.3) is 0 Å². The Morgan fingerprint density at radius 1 is 0.806 bits per heavy atom. The smallest absolute Gasteiger partial charge is 0.235 e. The standard InChI is InChI=1S/C11H10N2O2.C10H9NO.CH3NO2/c1-8-9(6-7-13(14)15)10-4-2-3-5-11(10)12-8;1-7-9(6-12)8-4-2-3-5-10(8)11-7;1-2(3)4/h2-7,12H,1H3;2-6,11H,1H3;1H3/b7-6+;;. The highest BCUT2D eigenvalue weighted by molar-refractivity contribution is 5.98.